The van der Waals surface area contributed by atoms with Gasteiger partial charge in [-0.25, -0.2) is 9.18 Å². The van der Waals surface area contributed by atoms with E-state index in [-0.39, 0.29) is 11.3 Å². The molecule has 0 heterocycles. The van der Waals surface area contributed by atoms with Crippen LogP contribution >= 0.6 is 31.9 Å². The number of carboxylic acid groups (broad SMARTS) is 1. The first-order chi connectivity index (χ1) is 9.88. The molecule has 0 aliphatic heterocycles. The van der Waals surface area contributed by atoms with E-state index in [9.17, 15) is 13.4 Å². The van der Waals surface area contributed by atoms with E-state index in [1.54, 1.807) is 18.2 Å². The summed E-state index contributed by atoms with van der Waals surface area (Å²) in [5.41, 5.74) is 0.341. The first-order valence-electron chi connectivity index (χ1n) is 5.73. The monoisotopic (exact) mass is 434 g/mol. The summed E-state index contributed by atoms with van der Waals surface area (Å²) in [5, 5.41) is 9.04. The van der Waals surface area contributed by atoms with Gasteiger partial charge in [0.2, 0.25) is 0 Å². The molecule has 1 unspecified atom stereocenters. The fourth-order valence-corrected chi connectivity index (χ4v) is 3.57. The molecule has 2 aromatic rings. The Balaban J connectivity index is 2.28. The van der Waals surface area contributed by atoms with Gasteiger partial charge in [0.05, 0.1) is 22.1 Å². The summed E-state index contributed by atoms with van der Waals surface area (Å²) in [6.07, 6.45) is 0. The summed E-state index contributed by atoms with van der Waals surface area (Å²) in [6.45, 7) is 0. The Hall–Kier alpha value is -1.05. The fourth-order valence-electron chi connectivity index (χ4n) is 1.67. The summed E-state index contributed by atoms with van der Waals surface area (Å²) >= 11 is 6.28. The summed E-state index contributed by atoms with van der Waals surface area (Å²) in [6, 6.07) is 8.93. The average Bonchev–Trinajstić information content (AvgIpc) is 2.42. The molecule has 0 radical (unpaired) electrons. The number of rotatable bonds is 4. The number of carbonyl (C=O) groups is 1. The van der Waals surface area contributed by atoms with Gasteiger partial charge in [0.15, 0.2) is 0 Å². The molecular formula is C14H9Br2FO3S. The SMILES string of the molecule is O=C(O)c1cc(S(=O)Cc2ccc(Br)cc2F)ccc1Br. The Morgan fingerprint density at radius 1 is 1.19 bits per heavy atom. The minimum absolute atomic E-state index is 0.0141. The minimum Gasteiger partial charge on any atom is -0.478 e. The summed E-state index contributed by atoms with van der Waals surface area (Å²) in [4.78, 5) is 11.4. The van der Waals surface area contributed by atoms with Gasteiger partial charge in [-0.2, -0.15) is 0 Å². The molecule has 1 atom stereocenters. The quantitative estimate of drug-likeness (QED) is 0.776. The lowest BCUT2D eigenvalue weighted by Crippen LogP contribution is -2.03. The maximum absolute atomic E-state index is 13.7. The molecule has 0 aliphatic carbocycles. The second-order valence-corrected chi connectivity index (χ2v) is 7.39. The van der Waals surface area contributed by atoms with Gasteiger partial charge in [-0.15, -0.1) is 0 Å². The lowest BCUT2D eigenvalue weighted by molar-refractivity contribution is 0.0695. The average molecular weight is 436 g/mol. The van der Waals surface area contributed by atoms with Crippen LogP contribution < -0.4 is 0 Å². The first kappa shape index (κ1) is 16.3. The lowest BCUT2D eigenvalue weighted by Gasteiger charge is -2.06. The third-order valence-corrected chi connectivity index (χ3v) is 5.27. The standard InChI is InChI=1S/C14H9Br2FO3S/c15-9-2-1-8(13(17)5-9)7-21(20)10-3-4-12(16)11(6-10)14(18)19/h1-6H,7H2,(H,18,19). The van der Waals surface area contributed by atoms with Crippen molar-refractivity contribution < 1.29 is 18.5 Å². The third-order valence-electron chi connectivity index (χ3n) is 2.73. The van der Waals surface area contributed by atoms with Gasteiger partial charge in [-0.3, -0.25) is 4.21 Å². The molecule has 3 nitrogen and oxygen atoms in total. The molecule has 0 saturated heterocycles. The van der Waals surface area contributed by atoms with E-state index in [4.69, 9.17) is 5.11 Å². The van der Waals surface area contributed by atoms with E-state index >= 15 is 0 Å². The van der Waals surface area contributed by atoms with E-state index in [2.05, 4.69) is 31.9 Å². The second kappa shape index (κ2) is 6.81. The summed E-state index contributed by atoms with van der Waals surface area (Å²) < 4.78 is 27.0. The normalized spacial score (nSPS) is 12.1. The Bertz CT molecular complexity index is 734. The van der Waals surface area contributed by atoms with Gasteiger partial charge in [0.25, 0.3) is 0 Å². The van der Waals surface area contributed by atoms with Crippen LogP contribution in [-0.2, 0) is 16.6 Å². The number of halogens is 3. The van der Waals surface area contributed by atoms with Crippen molar-refractivity contribution in [1.29, 1.82) is 0 Å². The maximum atomic E-state index is 13.7. The molecule has 0 amide bonds. The van der Waals surface area contributed by atoms with E-state index in [0.29, 0.717) is 19.4 Å². The van der Waals surface area contributed by atoms with Gasteiger partial charge in [0, 0.05) is 19.4 Å². The Morgan fingerprint density at radius 2 is 1.90 bits per heavy atom. The van der Waals surface area contributed by atoms with Crippen molar-refractivity contribution in [2.24, 2.45) is 0 Å². The predicted octanol–water partition coefficient (Wildman–Crippen LogP) is 4.36. The fraction of sp³-hybridized carbons (Fsp3) is 0.0714. The lowest BCUT2D eigenvalue weighted by atomic mass is 10.2. The molecule has 7 heteroatoms. The van der Waals surface area contributed by atoms with Crippen molar-refractivity contribution in [3.05, 3.63) is 62.3 Å². The number of aromatic carboxylic acids is 1. The molecule has 2 rings (SSSR count). The van der Waals surface area contributed by atoms with Gasteiger partial charge < -0.3 is 5.11 Å². The van der Waals surface area contributed by atoms with Gasteiger partial charge in [-0.1, -0.05) is 22.0 Å². The largest absolute Gasteiger partial charge is 0.478 e. The molecule has 0 aliphatic rings. The van der Waals surface area contributed by atoms with Crippen LogP contribution in [0.2, 0.25) is 0 Å². The van der Waals surface area contributed by atoms with Crippen LogP contribution in [0.25, 0.3) is 0 Å². The molecule has 0 spiro atoms. The highest BCUT2D eigenvalue weighted by Gasteiger charge is 2.14. The number of hydrogen-bond donors (Lipinski definition) is 1. The molecule has 0 fully saturated rings. The number of carboxylic acids is 1. The molecule has 0 saturated carbocycles. The molecule has 0 bridgehead atoms. The van der Waals surface area contributed by atoms with Crippen LogP contribution in [-0.4, -0.2) is 15.3 Å². The van der Waals surface area contributed by atoms with E-state index in [1.807, 2.05) is 0 Å². The maximum Gasteiger partial charge on any atom is 0.336 e. The van der Waals surface area contributed by atoms with Crippen LogP contribution in [0.1, 0.15) is 15.9 Å². The van der Waals surface area contributed by atoms with E-state index in [0.717, 1.165) is 0 Å². The predicted molar refractivity (Wildman–Crippen MR) is 85.3 cm³/mol. The second-order valence-electron chi connectivity index (χ2n) is 4.17. The highest BCUT2D eigenvalue weighted by molar-refractivity contribution is 9.10. The number of hydrogen-bond acceptors (Lipinski definition) is 2. The zero-order valence-corrected chi connectivity index (χ0v) is 14.5. The van der Waals surface area contributed by atoms with Gasteiger partial charge in [0.1, 0.15) is 5.82 Å². The molecule has 21 heavy (non-hydrogen) atoms. The van der Waals surface area contributed by atoms with Crippen molar-refractivity contribution in [2.75, 3.05) is 0 Å². The number of benzene rings is 2. The molecule has 0 aromatic heterocycles. The summed E-state index contributed by atoms with van der Waals surface area (Å²) in [5.74, 6) is -1.58. The van der Waals surface area contributed by atoms with Crippen LogP contribution in [0, 0.1) is 5.82 Å². The van der Waals surface area contributed by atoms with Crippen molar-refractivity contribution in [2.45, 2.75) is 10.6 Å². The van der Waals surface area contributed by atoms with E-state index in [1.165, 1.54) is 18.2 Å². The van der Waals surface area contributed by atoms with Crippen LogP contribution in [0.5, 0.6) is 0 Å². The molecule has 1 N–H and O–H groups in total. The zero-order valence-electron chi connectivity index (χ0n) is 10.5. The van der Waals surface area contributed by atoms with Crippen molar-refractivity contribution in [3.63, 3.8) is 0 Å². The minimum atomic E-state index is -1.53. The van der Waals surface area contributed by atoms with Crippen molar-refractivity contribution >= 4 is 48.6 Å². The highest BCUT2D eigenvalue weighted by atomic mass is 79.9. The first-order valence-corrected chi connectivity index (χ1v) is 8.64. The third kappa shape index (κ3) is 3.99. The van der Waals surface area contributed by atoms with Crippen molar-refractivity contribution in [3.8, 4) is 0 Å². The van der Waals surface area contributed by atoms with Gasteiger partial charge >= 0.3 is 5.97 Å². The Labute approximate surface area is 139 Å². The molecule has 110 valence electrons. The van der Waals surface area contributed by atoms with Crippen LogP contribution in [0.4, 0.5) is 4.39 Å². The van der Waals surface area contributed by atoms with Crippen molar-refractivity contribution in [1.82, 2.24) is 0 Å². The van der Waals surface area contributed by atoms with Gasteiger partial charge in [-0.05, 0) is 46.3 Å². The Kier molecular flexibility index (Phi) is 5.29. The molecular weight excluding hydrogens is 427 g/mol. The van der Waals surface area contributed by atoms with Crippen LogP contribution in [0.3, 0.4) is 0 Å². The Morgan fingerprint density at radius 3 is 2.52 bits per heavy atom. The van der Waals surface area contributed by atoms with Crippen LogP contribution in [0.15, 0.2) is 50.2 Å². The zero-order chi connectivity index (χ0) is 15.6. The topological polar surface area (TPSA) is 54.4 Å². The smallest absolute Gasteiger partial charge is 0.336 e. The molecule has 2 aromatic carbocycles. The van der Waals surface area contributed by atoms with E-state index < -0.39 is 22.6 Å². The summed E-state index contributed by atoms with van der Waals surface area (Å²) in [7, 11) is -1.53. The highest BCUT2D eigenvalue weighted by Crippen LogP contribution is 2.23.